The van der Waals surface area contributed by atoms with Crippen molar-refractivity contribution in [1.82, 2.24) is 0 Å². The lowest BCUT2D eigenvalue weighted by Gasteiger charge is -1.99. The fourth-order valence-electron chi connectivity index (χ4n) is 2.91. The summed E-state index contributed by atoms with van der Waals surface area (Å²) in [6.07, 6.45) is 3.08. The Kier molecular flexibility index (Phi) is 0.868. The van der Waals surface area contributed by atoms with E-state index in [1.165, 1.54) is 12.8 Å². The Balaban J connectivity index is 2.04. The summed E-state index contributed by atoms with van der Waals surface area (Å²) in [5.74, 6) is 3.11. The molecule has 1 spiro atoms. The highest BCUT2D eigenvalue weighted by molar-refractivity contribution is 5.17. The van der Waals surface area contributed by atoms with Gasteiger partial charge in [0.05, 0.1) is 0 Å². The van der Waals surface area contributed by atoms with Gasteiger partial charge in [-0.3, -0.25) is 0 Å². The molecule has 2 unspecified atom stereocenters. The maximum Gasteiger partial charge on any atom is -0.0235 e. The average Bonchev–Trinajstić information content (AvgIpc) is 2.54. The molecule has 9 heavy (non-hydrogen) atoms. The third-order valence-corrected chi connectivity index (χ3v) is 3.55. The van der Waals surface area contributed by atoms with Gasteiger partial charge in [-0.15, -0.1) is 0 Å². The highest BCUT2D eigenvalue weighted by Gasteiger charge is 2.69. The molecule has 2 rings (SSSR count). The van der Waals surface area contributed by atoms with Crippen LogP contribution in [-0.2, 0) is 0 Å². The van der Waals surface area contributed by atoms with E-state index in [0.29, 0.717) is 0 Å². The predicted octanol–water partition coefficient (Wildman–Crippen LogP) is 2.69. The van der Waals surface area contributed by atoms with Crippen LogP contribution >= 0.6 is 0 Å². The molecule has 52 valence electrons. The Morgan fingerprint density at radius 1 is 1.33 bits per heavy atom. The average molecular weight is 124 g/mol. The van der Waals surface area contributed by atoms with Crippen LogP contribution in [0, 0.1) is 23.2 Å². The van der Waals surface area contributed by atoms with E-state index in [-0.39, 0.29) is 0 Å². The van der Waals surface area contributed by atoms with Crippen molar-refractivity contribution in [3.05, 3.63) is 0 Å². The zero-order valence-electron chi connectivity index (χ0n) is 6.65. The summed E-state index contributed by atoms with van der Waals surface area (Å²) in [6, 6.07) is 0. The Bertz CT molecular complexity index is 131. The molecule has 0 aliphatic heterocycles. The van der Waals surface area contributed by atoms with E-state index >= 15 is 0 Å². The first kappa shape index (κ1) is 5.76. The number of hydrogen-bond donors (Lipinski definition) is 0. The van der Waals surface area contributed by atoms with Crippen molar-refractivity contribution in [2.75, 3.05) is 0 Å². The summed E-state index contributed by atoms with van der Waals surface area (Å²) in [4.78, 5) is 0. The van der Waals surface area contributed by atoms with Gasteiger partial charge < -0.3 is 0 Å². The lowest BCUT2D eigenvalue weighted by atomic mass is 10.1. The molecule has 2 atom stereocenters. The Labute approximate surface area is 57.6 Å². The van der Waals surface area contributed by atoms with Crippen LogP contribution in [0.2, 0.25) is 0 Å². The van der Waals surface area contributed by atoms with Crippen molar-refractivity contribution >= 4 is 0 Å². The molecule has 0 radical (unpaired) electrons. The molecule has 0 saturated heterocycles. The van der Waals surface area contributed by atoms with E-state index in [9.17, 15) is 0 Å². The first-order valence-corrected chi connectivity index (χ1v) is 4.18. The van der Waals surface area contributed by atoms with Gasteiger partial charge in [0.15, 0.2) is 0 Å². The molecule has 2 aliphatic rings. The lowest BCUT2D eigenvalue weighted by Crippen LogP contribution is -1.92. The minimum atomic E-state index is 0.897. The second-order valence-electron chi connectivity index (χ2n) is 4.29. The quantitative estimate of drug-likeness (QED) is 0.504. The fourth-order valence-corrected chi connectivity index (χ4v) is 2.91. The van der Waals surface area contributed by atoms with E-state index in [1.807, 2.05) is 0 Å². The van der Waals surface area contributed by atoms with Gasteiger partial charge in [0.1, 0.15) is 0 Å². The van der Waals surface area contributed by atoms with Crippen molar-refractivity contribution in [3.63, 3.8) is 0 Å². The van der Waals surface area contributed by atoms with E-state index < -0.39 is 0 Å². The second kappa shape index (κ2) is 1.36. The van der Waals surface area contributed by atoms with Gasteiger partial charge in [-0.1, -0.05) is 20.8 Å². The van der Waals surface area contributed by atoms with Crippen LogP contribution in [-0.4, -0.2) is 0 Å². The van der Waals surface area contributed by atoms with Crippen molar-refractivity contribution < 1.29 is 0 Å². The molecular formula is C9H16. The van der Waals surface area contributed by atoms with Gasteiger partial charge in [-0.2, -0.15) is 0 Å². The third kappa shape index (κ3) is 0.544. The van der Waals surface area contributed by atoms with Gasteiger partial charge in [0, 0.05) is 0 Å². The topological polar surface area (TPSA) is 0 Å². The van der Waals surface area contributed by atoms with Crippen molar-refractivity contribution in [2.24, 2.45) is 23.2 Å². The minimum Gasteiger partial charge on any atom is -0.0625 e. The van der Waals surface area contributed by atoms with Gasteiger partial charge in [0.25, 0.3) is 0 Å². The van der Waals surface area contributed by atoms with Crippen LogP contribution in [0.5, 0.6) is 0 Å². The smallest absolute Gasteiger partial charge is 0.0235 e. The van der Waals surface area contributed by atoms with Crippen LogP contribution in [0.1, 0.15) is 33.6 Å². The molecule has 2 aliphatic carbocycles. The first-order chi connectivity index (χ1) is 4.18. The summed E-state index contributed by atoms with van der Waals surface area (Å²) >= 11 is 0. The molecule has 2 saturated carbocycles. The van der Waals surface area contributed by atoms with Gasteiger partial charge in [-0.05, 0) is 36.0 Å². The largest absolute Gasteiger partial charge is 0.0625 e. The highest BCUT2D eigenvalue weighted by atomic mass is 14.7. The Morgan fingerprint density at radius 2 is 1.89 bits per heavy atom. The summed E-state index contributed by atoms with van der Waals surface area (Å²) in [7, 11) is 0. The van der Waals surface area contributed by atoms with E-state index in [2.05, 4.69) is 20.8 Å². The van der Waals surface area contributed by atoms with Crippen molar-refractivity contribution in [3.8, 4) is 0 Å². The second-order valence-corrected chi connectivity index (χ2v) is 4.29. The van der Waals surface area contributed by atoms with Crippen LogP contribution in [0.25, 0.3) is 0 Å². The maximum absolute atomic E-state index is 2.43. The summed E-state index contributed by atoms with van der Waals surface area (Å²) in [5.41, 5.74) is 0.897. The molecule has 0 amide bonds. The monoisotopic (exact) mass is 124 g/mol. The normalized spacial score (nSPS) is 44.0. The fraction of sp³-hybridized carbons (Fsp3) is 1.00. The first-order valence-electron chi connectivity index (χ1n) is 4.18. The highest BCUT2D eigenvalue weighted by Crippen LogP contribution is 2.76. The lowest BCUT2D eigenvalue weighted by molar-refractivity contribution is 0.503. The molecule has 0 heterocycles. The Hall–Kier alpha value is 0. The molecular weight excluding hydrogens is 108 g/mol. The molecule has 2 fully saturated rings. The third-order valence-electron chi connectivity index (χ3n) is 3.55. The van der Waals surface area contributed by atoms with Gasteiger partial charge >= 0.3 is 0 Å². The zero-order chi connectivity index (χ0) is 6.65. The predicted molar refractivity (Wildman–Crippen MR) is 39.2 cm³/mol. The van der Waals surface area contributed by atoms with Gasteiger partial charge in [-0.25, -0.2) is 0 Å². The van der Waals surface area contributed by atoms with Crippen molar-refractivity contribution in [1.29, 1.82) is 0 Å². The number of hydrogen-bond acceptors (Lipinski definition) is 0. The summed E-state index contributed by atoms with van der Waals surface area (Å²) in [5, 5.41) is 0. The number of rotatable bonds is 1. The van der Waals surface area contributed by atoms with Crippen LogP contribution in [0.4, 0.5) is 0 Å². The van der Waals surface area contributed by atoms with Gasteiger partial charge in [0.2, 0.25) is 0 Å². The van der Waals surface area contributed by atoms with Crippen LogP contribution < -0.4 is 0 Å². The molecule has 0 aromatic carbocycles. The molecule has 0 bridgehead atoms. The SMILES string of the molecule is CC(C)C1C(C)C12CC2. The summed E-state index contributed by atoms with van der Waals surface area (Å²) < 4.78 is 0. The molecule has 0 N–H and O–H groups in total. The van der Waals surface area contributed by atoms with Crippen molar-refractivity contribution in [2.45, 2.75) is 33.6 Å². The molecule has 0 nitrogen and oxygen atoms in total. The zero-order valence-corrected chi connectivity index (χ0v) is 6.65. The van der Waals surface area contributed by atoms with Crippen LogP contribution in [0.15, 0.2) is 0 Å². The van der Waals surface area contributed by atoms with Crippen LogP contribution in [0.3, 0.4) is 0 Å². The molecule has 0 aromatic heterocycles. The van der Waals surface area contributed by atoms with E-state index in [4.69, 9.17) is 0 Å². The summed E-state index contributed by atoms with van der Waals surface area (Å²) in [6.45, 7) is 7.17. The minimum absolute atomic E-state index is 0.897. The van der Waals surface area contributed by atoms with E-state index in [1.54, 1.807) is 0 Å². The Morgan fingerprint density at radius 3 is 2.00 bits per heavy atom. The standard InChI is InChI=1S/C9H16/c1-6(2)8-7(3)9(8)4-5-9/h6-8H,4-5H2,1-3H3. The molecule has 0 aromatic rings. The van der Waals surface area contributed by atoms with E-state index in [0.717, 1.165) is 23.2 Å². The maximum atomic E-state index is 2.43. The molecule has 0 heteroatoms.